The highest BCUT2D eigenvalue weighted by Crippen LogP contribution is 2.26. The third-order valence-electron chi connectivity index (χ3n) is 3.18. The Hall–Kier alpha value is -1.82. The largest absolute Gasteiger partial charge is 0.465 e. The van der Waals surface area contributed by atoms with Crippen molar-refractivity contribution in [3.05, 3.63) is 23.5 Å². The number of esters is 1. The highest BCUT2D eigenvalue weighted by atomic mass is 19.1. The second-order valence-electron chi connectivity index (χ2n) is 5.17. The van der Waals surface area contributed by atoms with Crippen LogP contribution in [0.2, 0.25) is 0 Å². The molecule has 0 radical (unpaired) electrons. The molecule has 0 aliphatic rings. The normalized spacial score (nSPS) is 10.8. The van der Waals surface area contributed by atoms with Crippen LogP contribution in [0, 0.1) is 5.82 Å². The van der Waals surface area contributed by atoms with E-state index >= 15 is 0 Å². The zero-order valence-electron chi connectivity index (χ0n) is 13.1. The molecule has 0 aliphatic heterocycles. The molecule has 0 aliphatic carbocycles. The molecule has 1 aromatic carbocycles. The van der Waals surface area contributed by atoms with Crippen molar-refractivity contribution in [2.24, 2.45) is 0 Å². The van der Waals surface area contributed by atoms with Crippen LogP contribution in [0.1, 0.15) is 23.7 Å². The summed E-state index contributed by atoms with van der Waals surface area (Å²) < 4.78 is 18.9. The van der Waals surface area contributed by atoms with Crippen molar-refractivity contribution in [2.45, 2.75) is 13.3 Å². The quantitative estimate of drug-likeness (QED) is 0.616. The Morgan fingerprint density at radius 3 is 2.48 bits per heavy atom. The summed E-state index contributed by atoms with van der Waals surface area (Å²) in [6.07, 6.45) is 0.880. The van der Waals surface area contributed by atoms with Crippen LogP contribution in [0.15, 0.2) is 12.1 Å². The van der Waals surface area contributed by atoms with Crippen molar-refractivity contribution in [1.29, 1.82) is 0 Å². The van der Waals surface area contributed by atoms with E-state index in [1.54, 1.807) is 0 Å². The Bertz CT molecular complexity index is 492. The van der Waals surface area contributed by atoms with Gasteiger partial charge in [0.25, 0.3) is 0 Å². The predicted octanol–water partition coefficient (Wildman–Crippen LogP) is 1.97. The minimum absolute atomic E-state index is 0.0900. The number of hydrogen-bond acceptors (Lipinski definition) is 5. The molecule has 0 spiro atoms. The molecule has 0 heterocycles. The minimum atomic E-state index is -0.558. The maximum absolute atomic E-state index is 14.2. The molecule has 5 nitrogen and oxygen atoms in total. The molecule has 0 bridgehead atoms. The van der Waals surface area contributed by atoms with Gasteiger partial charge in [0.1, 0.15) is 5.82 Å². The van der Waals surface area contributed by atoms with Gasteiger partial charge in [-0.15, -0.1) is 0 Å². The molecule has 0 unspecified atom stereocenters. The number of methoxy groups -OCH3 is 1. The molecular weight excluding hydrogens is 273 g/mol. The zero-order valence-corrected chi connectivity index (χ0v) is 13.1. The van der Waals surface area contributed by atoms with E-state index in [0.717, 1.165) is 13.0 Å². The van der Waals surface area contributed by atoms with Crippen molar-refractivity contribution < 1.29 is 13.9 Å². The number of ether oxygens (including phenoxy) is 1. The molecule has 0 atom stereocenters. The molecule has 0 saturated carbocycles. The third kappa shape index (κ3) is 4.60. The number of nitrogens with two attached hydrogens (primary N) is 1. The lowest BCUT2D eigenvalue weighted by Gasteiger charge is -2.27. The van der Waals surface area contributed by atoms with Gasteiger partial charge in [0.2, 0.25) is 0 Å². The van der Waals surface area contributed by atoms with E-state index in [-0.39, 0.29) is 11.3 Å². The third-order valence-corrected chi connectivity index (χ3v) is 3.18. The smallest absolute Gasteiger partial charge is 0.340 e. The van der Waals surface area contributed by atoms with Crippen LogP contribution < -0.4 is 10.6 Å². The molecule has 1 aromatic rings. The molecule has 0 fully saturated rings. The first kappa shape index (κ1) is 17.2. The first-order valence-corrected chi connectivity index (χ1v) is 6.97. The van der Waals surface area contributed by atoms with Gasteiger partial charge < -0.3 is 20.3 Å². The Balaban J connectivity index is 3.14. The van der Waals surface area contributed by atoms with Crippen LogP contribution in [0.25, 0.3) is 0 Å². The van der Waals surface area contributed by atoms with Crippen LogP contribution in [-0.4, -0.2) is 51.7 Å². The highest BCUT2D eigenvalue weighted by Gasteiger charge is 2.18. The second kappa shape index (κ2) is 7.83. The summed E-state index contributed by atoms with van der Waals surface area (Å²) in [5.74, 6) is -0.981. The summed E-state index contributed by atoms with van der Waals surface area (Å²) in [4.78, 5) is 15.6. The van der Waals surface area contributed by atoms with E-state index in [1.807, 2.05) is 30.8 Å². The first-order valence-electron chi connectivity index (χ1n) is 6.97. The van der Waals surface area contributed by atoms with Gasteiger partial charge in [-0.25, -0.2) is 9.18 Å². The SMILES string of the molecule is CCCN(CCN(C)C)c1cc(C(=O)OC)c(N)cc1F. The number of rotatable bonds is 7. The van der Waals surface area contributed by atoms with Crippen molar-refractivity contribution in [3.63, 3.8) is 0 Å². The van der Waals surface area contributed by atoms with E-state index in [4.69, 9.17) is 5.73 Å². The molecule has 118 valence electrons. The van der Waals surface area contributed by atoms with E-state index < -0.39 is 11.8 Å². The molecule has 21 heavy (non-hydrogen) atoms. The standard InChI is InChI=1S/C15H24FN3O2/c1-5-6-19(8-7-18(2)3)14-9-11(15(20)21-4)13(17)10-12(14)16/h9-10H,5-8,17H2,1-4H3. The number of nitrogen functional groups attached to an aromatic ring is 1. The van der Waals surface area contributed by atoms with Gasteiger partial charge in [-0.2, -0.15) is 0 Å². The van der Waals surface area contributed by atoms with Gasteiger partial charge in [0.05, 0.1) is 18.4 Å². The number of hydrogen-bond donors (Lipinski definition) is 1. The van der Waals surface area contributed by atoms with Gasteiger partial charge >= 0.3 is 5.97 Å². The second-order valence-corrected chi connectivity index (χ2v) is 5.17. The lowest BCUT2D eigenvalue weighted by molar-refractivity contribution is 0.0602. The average molecular weight is 297 g/mol. The number of carbonyl (C=O) groups excluding carboxylic acids is 1. The number of nitrogens with zero attached hydrogens (tertiary/aromatic N) is 2. The van der Waals surface area contributed by atoms with Crippen LogP contribution >= 0.6 is 0 Å². The van der Waals surface area contributed by atoms with E-state index in [0.29, 0.717) is 18.8 Å². The maximum Gasteiger partial charge on any atom is 0.340 e. The predicted molar refractivity (Wildman–Crippen MR) is 83.2 cm³/mol. The van der Waals surface area contributed by atoms with Crippen molar-refractivity contribution in [3.8, 4) is 0 Å². The molecule has 0 aromatic heterocycles. The number of carbonyl (C=O) groups is 1. The summed E-state index contributed by atoms with van der Waals surface area (Å²) in [5, 5.41) is 0. The molecule has 0 amide bonds. The van der Waals surface area contributed by atoms with Gasteiger partial charge in [-0.3, -0.25) is 0 Å². The fourth-order valence-corrected chi connectivity index (χ4v) is 2.05. The Morgan fingerprint density at radius 1 is 1.29 bits per heavy atom. The van der Waals surface area contributed by atoms with Crippen LogP contribution in [0.4, 0.5) is 15.8 Å². The van der Waals surface area contributed by atoms with Gasteiger partial charge in [0, 0.05) is 25.3 Å². The molecule has 2 N–H and O–H groups in total. The average Bonchev–Trinajstić information content (AvgIpc) is 2.43. The molecule has 6 heteroatoms. The summed E-state index contributed by atoms with van der Waals surface area (Å²) in [6.45, 7) is 4.19. The van der Waals surface area contributed by atoms with Crippen molar-refractivity contribution in [1.82, 2.24) is 4.90 Å². The monoisotopic (exact) mass is 297 g/mol. The number of anilines is 2. The van der Waals surface area contributed by atoms with E-state index in [9.17, 15) is 9.18 Å². The lowest BCUT2D eigenvalue weighted by atomic mass is 10.1. The Morgan fingerprint density at radius 2 is 1.95 bits per heavy atom. The fourth-order valence-electron chi connectivity index (χ4n) is 2.05. The van der Waals surface area contributed by atoms with Crippen LogP contribution in [0.5, 0.6) is 0 Å². The molecular formula is C15H24FN3O2. The van der Waals surface area contributed by atoms with Crippen LogP contribution in [-0.2, 0) is 4.74 Å². The molecule has 1 rings (SSSR count). The summed E-state index contributed by atoms with van der Waals surface area (Å²) in [6, 6.07) is 2.65. The molecule has 0 saturated heterocycles. The number of benzene rings is 1. The Labute approximate surface area is 125 Å². The highest BCUT2D eigenvalue weighted by molar-refractivity contribution is 5.96. The minimum Gasteiger partial charge on any atom is -0.465 e. The maximum atomic E-state index is 14.2. The number of likely N-dealkylation sites (N-methyl/N-ethyl adjacent to an activating group) is 1. The fraction of sp³-hybridized carbons (Fsp3) is 0.533. The first-order chi connectivity index (χ1) is 9.90. The summed E-state index contributed by atoms with van der Waals surface area (Å²) >= 11 is 0. The van der Waals surface area contributed by atoms with Crippen molar-refractivity contribution >= 4 is 17.3 Å². The summed E-state index contributed by atoms with van der Waals surface area (Å²) in [5.41, 5.74) is 6.36. The zero-order chi connectivity index (χ0) is 16.0. The van der Waals surface area contributed by atoms with E-state index in [2.05, 4.69) is 4.74 Å². The van der Waals surface area contributed by atoms with E-state index in [1.165, 1.54) is 19.2 Å². The van der Waals surface area contributed by atoms with Gasteiger partial charge in [0.15, 0.2) is 0 Å². The summed E-state index contributed by atoms with van der Waals surface area (Å²) in [7, 11) is 5.20. The number of halogens is 1. The van der Waals surface area contributed by atoms with Gasteiger partial charge in [-0.1, -0.05) is 6.92 Å². The lowest BCUT2D eigenvalue weighted by Crippen LogP contribution is -2.33. The van der Waals surface area contributed by atoms with Gasteiger partial charge in [-0.05, 0) is 32.6 Å². The van der Waals surface area contributed by atoms with Crippen LogP contribution in [0.3, 0.4) is 0 Å². The Kier molecular flexibility index (Phi) is 6.42. The topological polar surface area (TPSA) is 58.8 Å². The van der Waals surface area contributed by atoms with Crippen molar-refractivity contribution in [2.75, 3.05) is 51.5 Å².